The monoisotopic (exact) mass is 274 g/mol. The number of fused-ring (bicyclic) bond motifs is 1. The number of H-pyrrole nitrogens is 1. The van der Waals surface area contributed by atoms with Gasteiger partial charge in [-0.3, -0.25) is 14.4 Å². The molecule has 1 saturated carbocycles. The third-order valence-electron chi connectivity index (χ3n) is 4.19. The number of Topliss-reactive ketones (excluding diaryl/α,β-unsaturated/α-hetero) is 1. The average Bonchev–Trinajstić information content (AvgIpc) is 2.91. The molecule has 3 rings (SSSR count). The van der Waals surface area contributed by atoms with Crippen molar-refractivity contribution < 1.29 is 9.59 Å². The number of hydrogen-bond donors (Lipinski definition) is 2. The van der Waals surface area contributed by atoms with E-state index in [1.54, 1.807) is 0 Å². The molecule has 0 saturated heterocycles. The van der Waals surface area contributed by atoms with Gasteiger partial charge in [0.1, 0.15) is 5.56 Å². The van der Waals surface area contributed by atoms with Crippen LogP contribution < -0.4 is 10.9 Å². The highest BCUT2D eigenvalue weighted by molar-refractivity contribution is 6.01. The molecule has 1 fully saturated rings. The highest BCUT2D eigenvalue weighted by Crippen LogP contribution is 2.20. The molecule has 1 amide bonds. The lowest BCUT2D eigenvalue weighted by Crippen LogP contribution is -2.37. The summed E-state index contributed by atoms with van der Waals surface area (Å²) < 4.78 is 0. The number of amides is 1. The SMILES string of the molecule is O=C1CCCc2[nH]c(=O)c(C(=O)NC3CCCC3)cc21. The normalized spacial score (nSPS) is 18.9. The van der Waals surface area contributed by atoms with Gasteiger partial charge in [0.15, 0.2) is 5.78 Å². The van der Waals surface area contributed by atoms with E-state index in [0.717, 1.165) is 32.1 Å². The molecule has 0 atom stereocenters. The summed E-state index contributed by atoms with van der Waals surface area (Å²) in [6.45, 7) is 0. The number of aromatic nitrogens is 1. The third-order valence-corrected chi connectivity index (χ3v) is 4.19. The van der Waals surface area contributed by atoms with E-state index < -0.39 is 5.56 Å². The van der Waals surface area contributed by atoms with Gasteiger partial charge >= 0.3 is 0 Å². The fourth-order valence-electron chi connectivity index (χ4n) is 3.08. The Morgan fingerprint density at radius 1 is 1.15 bits per heavy atom. The van der Waals surface area contributed by atoms with Crippen LogP contribution in [0.1, 0.15) is 64.9 Å². The van der Waals surface area contributed by atoms with Crippen LogP contribution in [0.15, 0.2) is 10.9 Å². The molecule has 1 aromatic heterocycles. The largest absolute Gasteiger partial charge is 0.349 e. The van der Waals surface area contributed by atoms with E-state index in [1.807, 2.05) is 0 Å². The predicted octanol–water partition coefficient (Wildman–Crippen LogP) is 1.57. The van der Waals surface area contributed by atoms with Gasteiger partial charge in [0, 0.05) is 23.7 Å². The van der Waals surface area contributed by atoms with Crippen molar-refractivity contribution in [2.24, 2.45) is 0 Å². The maximum atomic E-state index is 12.2. The number of rotatable bonds is 2. The van der Waals surface area contributed by atoms with Crippen molar-refractivity contribution in [2.75, 3.05) is 0 Å². The molecule has 2 N–H and O–H groups in total. The van der Waals surface area contributed by atoms with Gasteiger partial charge in [-0.25, -0.2) is 0 Å². The number of carbonyl (C=O) groups is 2. The molecule has 5 heteroatoms. The lowest BCUT2D eigenvalue weighted by Gasteiger charge is -2.16. The van der Waals surface area contributed by atoms with E-state index in [9.17, 15) is 14.4 Å². The van der Waals surface area contributed by atoms with E-state index in [-0.39, 0.29) is 23.3 Å². The molecule has 0 spiro atoms. The highest BCUT2D eigenvalue weighted by atomic mass is 16.2. The molecule has 1 aromatic rings. The molecule has 0 radical (unpaired) electrons. The Hall–Kier alpha value is -1.91. The van der Waals surface area contributed by atoms with Crippen LogP contribution in [0.25, 0.3) is 0 Å². The summed E-state index contributed by atoms with van der Waals surface area (Å²) >= 11 is 0. The minimum absolute atomic E-state index is 0.0115. The molecule has 20 heavy (non-hydrogen) atoms. The zero-order chi connectivity index (χ0) is 14.1. The van der Waals surface area contributed by atoms with Crippen LogP contribution in [0, 0.1) is 0 Å². The zero-order valence-corrected chi connectivity index (χ0v) is 11.3. The number of carbonyl (C=O) groups excluding carboxylic acids is 2. The summed E-state index contributed by atoms with van der Waals surface area (Å²) in [6, 6.07) is 1.63. The summed E-state index contributed by atoms with van der Waals surface area (Å²) in [4.78, 5) is 38.7. The first-order chi connectivity index (χ1) is 9.65. The maximum Gasteiger partial charge on any atom is 0.261 e. The first kappa shape index (κ1) is 13.1. The van der Waals surface area contributed by atoms with Crippen molar-refractivity contribution in [3.05, 3.63) is 33.2 Å². The molecule has 0 bridgehead atoms. The first-order valence-corrected chi connectivity index (χ1v) is 7.25. The van der Waals surface area contributed by atoms with Gasteiger partial charge in [-0.2, -0.15) is 0 Å². The minimum atomic E-state index is -0.394. The van der Waals surface area contributed by atoms with Crippen LogP contribution in [0.3, 0.4) is 0 Å². The van der Waals surface area contributed by atoms with Gasteiger partial charge in [-0.15, -0.1) is 0 Å². The van der Waals surface area contributed by atoms with Crippen LogP contribution in [-0.4, -0.2) is 22.7 Å². The Morgan fingerprint density at radius 2 is 1.90 bits per heavy atom. The predicted molar refractivity (Wildman–Crippen MR) is 74.1 cm³/mol. The van der Waals surface area contributed by atoms with E-state index in [0.29, 0.717) is 24.1 Å². The summed E-state index contributed by atoms with van der Waals surface area (Å²) in [5, 5.41) is 2.89. The van der Waals surface area contributed by atoms with Crippen molar-refractivity contribution in [3.8, 4) is 0 Å². The van der Waals surface area contributed by atoms with Gasteiger partial charge in [0.05, 0.1) is 0 Å². The number of nitrogens with one attached hydrogen (secondary N) is 2. The Labute approximate surface area is 116 Å². The second-order valence-electron chi connectivity index (χ2n) is 5.64. The number of hydrogen-bond acceptors (Lipinski definition) is 3. The number of aryl methyl sites for hydroxylation is 1. The van der Waals surface area contributed by atoms with Crippen LogP contribution in [0.5, 0.6) is 0 Å². The molecule has 2 aliphatic rings. The number of pyridine rings is 1. The fourth-order valence-corrected chi connectivity index (χ4v) is 3.08. The smallest absolute Gasteiger partial charge is 0.261 e. The molecular weight excluding hydrogens is 256 g/mol. The second-order valence-corrected chi connectivity index (χ2v) is 5.64. The molecule has 0 aromatic carbocycles. The van der Waals surface area contributed by atoms with Crippen molar-refractivity contribution >= 4 is 11.7 Å². The van der Waals surface area contributed by atoms with Crippen molar-refractivity contribution in [1.29, 1.82) is 0 Å². The average molecular weight is 274 g/mol. The first-order valence-electron chi connectivity index (χ1n) is 7.25. The van der Waals surface area contributed by atoms with Crippen molar-refractivity contribution in [1.82, 2.24) is 10.3 Å². The summed E-state index contributed by atoms with van der Waals surface area (Å²) in [5.41, 5.74) is 0.843. The van der Waals surface area contributed by atoms with Crippen LogP contribution in [0.4, 0.5) is 0 Å². The van der Waals surface area contributed by atoms with Crippen molar-refractivity contribution in [2.45, 2.75) is 51.0 Å². The van der Waals surface area contributed by atoms with Crippen LogP contribution in [-0.2, 0) is 6.42 Å². The Bertz CT molecular complexity index is 612. The molecular formula is C15H18N2O3. The zero-order valence-electron chi connectivity index (χ0n) is 11.3. The Kier molecular flexibility index (Phi) is 3.42. The van der Waals surface area contributed by atoms with Gasteiger partial charge in [-0.05, 0) is 31.7 Å². The van der Waals surface area contributed by atoms with Gasteiger partial charge in [0.2, 0.25) is 0 Å². The van der Waals surface area contributed by atoms with Crippen LogP contribution >= 0.6 is 0 Å². The topological polar surface area (TPSA) is 79.0 Å². The van der Waals surface area contributed by atoms with E-state index in [2.05, 4.69) is 10.3 Å². The summed E-state index contributed by atoms with van der Waals surface area (Å²) in [7, 11) is 0. The molecule has 1 heterocycles. The lowest BCUT2D eigenvalue weighted by atomic mass is 9.93. The Balaban J connectivity index is 1.89. The molecule has 0 aliphatic heterocycles. The van der Waals surface area contributed by atoms with Crippen LogP contribution in [0.2, 0.25) is 0 Å². The fraction of sp³-hybridized carbons (Fsp3) is 0.533. The Morgan fingerprint density at radius 3 is 2.65 bits per heavy atom. The minimum Gasteiger partial charge on any atom is -0.349 e. The van der Waals surface area contributed by atoms with E-state index in [1.165, 1.54) is 6.07 Å². The highest BCUT2D eigenvalue weighted by Gasteiger charge is 2.24. The molecule has 106 valence electrons. The van der Waals surface area contributed by atoms with E-state index in [4.69, 9.17) is 0 Å². The number of ketones is 1. The van der Waals surface area contributed by atoms with Crippen molar-refractivity contribution in [3.63, 3.8) is 0 Å². The molecule has 2 aliphatic carbocycles. The second kappa shape index (κ2) is 5.23. The lowest BCUT2D eigenvalue weighted by molar-refractivity contribution is 0.0936. The molecule has 5 nitrogen and oxygen atoms in total. The quantitative estimate of drug-likeness (QED) is 0.859. The van der Waals surface area contributed by atoms with E-state index >= 15 is 0 Å². The van der Waals surface area contributed by atoms with Gasteiger partial charge < -0.3 is 10.3 Å². The molecule has 0 unspecified atom stereocenters. The summed E-state index contributed by atoms with van der Waals surface area (Å²) in [6.07, 6.45) is 6.11. The third kappa shape index (κ3) is 2.40. The summed E-state index contributed by atoms with van der Waals surface area (Å²) in [5.74, 6) is -0.350. The van der Waals surface area contributed by atoms with Gasteiger partial charge in [0.25, 0.3) is 11.5 Å². The number of aromatic amines is 1. The standard InChI is InChI=1S/C15H18N2O3/c18-13-7-3-6-12-10(13)8-11(15(20)17-12)14(19)16-9-4-1-2-5-9/h8-9H,1-7H2,(H,16,19)(H,17,20). The maximum absolute atomic E-state index is 12.2. The van der Waals surface area contributed by atoms with Gasteiger partial charge in [-0.1, -0.05) is 12.8 Å².